The lowest BCUT2D eigenvalue weighted by Crippen LogP contribution is -2.47. The third kappa shape index (κ3) is 4.04. The SMILES string of the molecule is Oc1c([C@@H](c2ccc(F)cc2)N2CCN(c3ccc(F)cc3)CC2)sc2nc(-c3ccco3)nn12. The first-order chi connectivity index (χ1) is 17.1. The third-order valence-electron chi connectivity index (χ3n) is 6.25. The minimum atomic E-state index is -0.316. The molecule has 3 aromatic heterocycles. The normalized spacial score (nSPS) is 15.7. The maximum atomic E-state index is 13.7. The highest BCUT2D eigenvalue weighted by atomic mass is 32.1. The Morgan fingerprint density at radius 3 is 2.23 bits per heavy atom. The molecule has 1 fully saturated rings. The van der Waals surface area contributed by atoms with Gasteiger partial charge in [-0.05, 0) is 54.1 Å². The van der Waals surface area contributed by atoms with E-state index >= 15 is 0 Å². The Morgan fingerprint density at radius 2 is 1.60 bits per heavy atom. The van der Waals surface area contributed by atoms with Crippen LogP contribution in [0.3, 0.4) is 0 Å². The average Bonchev–Trinajstić information content (AvgIpc) is 3.61. The summed E-state index contributed by atoms with van der Waals surface area (Å²) in [5.41, 5.74) is 1.84. The fourth-order valence-corrected chi connectivity index (χ4v) is 5.62. The van der Waals surface area contributed by atoms with Crippen molar-refractivity contribution in [3.8, 4) is 17.5 Å². The van der Waals surface area contributed by atoms with Gasteiger partial charge in [-0.25, -0.2) is 8.78 Å². The molecule has 5 aromatic rings. The number of nitrogens with zero attached hydrogens (tertiary/aromatic N) is 5. The van der Waals surface area contributed by atoms with Gasteiger partial charge in [0, 0.05) is 31.9 Å². The lowest BCUT2D eigenvalue weighted by atomic mass is 10.0. The van der Waals surface area contributed by atoms with E-state index in [9.17, 15) is 13.9 Å². The second-order valence-electron chi connectivity index (χ2n) is 8.35. The van der Waals surface area contributed by atoms with E-state index in [1.54, 1.807) is 42.7 Å². The zero-order valence-corrected chi connectivity index (χ0v) is 19.3. The smallest absolute Gasteiger partial charge is 0.230 e. The summed E-state index contributed by atoms with van der Waals surface area (Å²) in [6, 6.07) is 16.1. The molecule has 0 unspecified atom stereocenters. The van der Waals surface area contributed by atoms with Gasteiger partial charge in [0.1, 0.15) is 11.6 Å². The van der Waals surface area contributed by atoms with Crippen LogP contribution in [0, 0.1) is 11.6 Å². The minimum absolute atomic E-state index is 0.00518. The van der Waals surface area contributed by atoms with E-state index in [0.29, 0.717) is 34.5 Å². The maximum Gasteiger partial charge on any atom is 0.230 e. The first-order valence-electron chi connectivity index (χ1n) is 11.2. The summed E-state index contributed by atoms with van der Waals surface area (Å²) in [5.74, 6) is 0.350. The zero-order chi connectivity index (χ0) is 23.9. The van der Waals surface area contributed by atoms with Crippen LogP contribution in [0.15, 0.2) is 71.3 Å². The fraction of sp³-hybridized carbons (Fsp3) is 0.200. The largest absolute Gasteiger partial charge is 0.492 e. The molecule has 0 bridgehead atoms. The number of anilines is 1. The number of hydrogen-bond donors (Lipinski definition) is 1. The highest BCUT2D eigenvalue weighted by Crippen LogP contribution is 2.41. The van der Waals surface area contributed by atoms with Crippen molar-refractivity contribution < 1.29 is 18.3 Å². The molecule has 6 rings (SSSR count). The Labute approximate surface area is 203 Å². The highest BCUT2D eigenvalue weighted by Gasteiger charge is 2.32. The van der Waals surface area contributed by atoms with Crippen molar-refractivity contribution in [3.05, 3.63) is 89.0 Å². The van der Waals surface area contributed by atoms with Gasteiger partial charge in [0.25, 0.3) is 0 Å². The molecule has 4 heterocycles. The molecule has 35 heavy (non-hydrogen) atoms. The summed E-state index contributed by atoms with van der Waals surface area (Å²) >= 11 is 1.35. The zero-order valence-electron chi connectivity index (χ0n) is 18.5. The molecule has 0 amide bonds. The fourth-order valence-electron chi connectivity index (χ4n) is 4.50. The molecular weight excluding hydrogens is 472 g/mol. The van der Waals surface area contributed by atoms with Crippen molar-refractivity contribution in [1.82, 2.24) is 19.5 Å². The summed E-state index contributed by atoms with van der Waals surface area (Å²) in [7, 11) is 0. The van der Waals surface area contributed by atoms with E-state index < -0.39 is 0 Å². The van der Waals surface area contributed by atoms with Crippen LogP contribution in [-0.2, 0) is 0 Å². The molecule has 1 aliphatic heterocycles. The first-order valence-corrected chi connectivity index (χ1v) is 12.0. The van der Waals surface area contributed by atoms with E-state index in [-0.39, 0.29) is 23.6 Å². The molecule has 1 atom stereocenters. The molecule has 0 spiro atoms. The minimum Gasteiger partial charge on any atom is -0.492 e. The molecular formula is C25H21F2N5O2S. The summed E-state index contributed by atoms with van der Waals surface area (Å²) < 4.78 is 33.8. The van der Waals surface area contributed by atoms with Gasteiger partial charge in [-0.1, -0.05) is 23.5 Å². The quantitative estimate of drug-likeness (QED) is 0.374. The predicted octanol–water partition coefficient (Wildman–Crippen LogP) is 4.95. The Bertz CT molecular complexity index is 1440. The highest BCUT2D eigenvalue weighted by molar-refractivity contribution is 7.17. The molecule has 1 aliphatic rings. The van der Waals surface area contributed by atoms with Crippen LogP contribution in [0.2, 0.25) is 0 Å². The standard InChI is InChI=1S/C25H21F2N5O2S/c26-17-5-3-16(4-6-17)21(31-13-11-30(12-14-31)19-9-7-18(27)8-10-19)22-24(33)32-25(35-22)28-23(29-32)20-2-1-15-34-20/h1-10,15,21,33H,11-14H2/t21-/m1/s1. The van der Waals surface area contributed by atoms with Gasteiger partial charge < -0.3 is 14.4 Å². The van der Waals surface area contributed by atoms with Crippen LogP contribution in [0.4, 0.5) is 14.5 Å². The molecule has 7 nitrogen and oxygen atoms in total. The van der Waals surface area contributed by atoms with Crippen molar-refractivity contribution in [2.24, 2.45) is 0 Å². The Morgan fingerprint density at radius 1 is 0.914 bits per heavy atom. The van der Waals surface area contributed by atoms with Gasteiger partial charge in [0.05, 0.1) is 17.2 Å². The molecule has 2 aromatic carbocycles. The summed E-state index contributed by atoms with van der Waals surface area (Å²) in [4.78, 5) is 10.2. The maximum absolute atomic E-state index is 13.7. The summed E-state index contributed by atoms with van der Waals surface area (Å²) in [6.07, 6.45) is 1.55. The lowest BCUT2D eigenvalue weighted by molar-refractivity contribution is 0.211. The van der Waals surface area contributed by atoms with E-state index in [4.69, 9.17) is 4.42 Å². The second kappa shape index (κ2) is 8.79. The van der Waals surface area contributed by atoms with Gasteiger partial charge >= 0.3 is 0 Å². The van der Waals surface area contributed by atoms with Crippen molar-refractivity contribution in [2.75, 3.05) is 31.1 Å². The average molecular weight is 494 g/mol. The number of benzene rings is 2. The molecule has 10 heteroatoms. The topological polar surface area (TPSA) is 70.0 Å². The number of thiazole rings is 1. The summed E-state index contributed by atoms with van der Waals surface area (Å²) in [5, 5.41) is 15.6. The number of halogens is 2. The van der Waals surface area contributed by atoms with Gasteiger partial charge in [0.2, 0.25) is 16.7 Å². The number of aromatic hydroxyl groups is 1. The number of furan rings is 1. The Kier molecular flexibility index (Phi) is 5.46. The van der Waals surface area contributed by atoms with Crippen molar-refractivity contribution in [3.63, 3.8) is 0 Å². The van der Waals surface area contributed by atoms with Crippen LogP contribution in [0.1, 0.15) is 16.5 Å². The van der Waals surface area contributed by atoms with E-state index in [0.717, 1.165) is 24.3 Å². The number of rotatable bonds is 5. The molecule has 0 saturated carbocycles. The molecule has 1 saturated heterocycles. The monoisotopic (exact) mass is 493 g/mol. The Hall–Kier alpha value is -3.76. The number of aromatic nitrogens is 3. The number of piperazine rings is 1. The van der Waals surface area contributed by atoms with Crippen LogP contribution < -0.4 is 4.90 Å². The van der Waals surface area contributed by atoms with Crippen LogP contribution >= 0.6 is 11.3 Å². The van der Waals surface area contributed by atoms with E-state index in [1.165, 1.54) is 40.1 Å². The van der Waals surface area contributed by atoms with Gasteiger partial charge in [-0.2, -0.15) is 9.50 Å². The molecule has 0 radical (unpaired) electrons. The number of hydrogen-bond acceptors (Lipinski definition) is 7. The van der Waals surface area contributed by atoms with E-state index in [2.05, 4.69) is 19.9 Å². The van der Waals surface area contributed by atoms with Crippen LogP contribution in [0.5, 0.6) is 5.88 Å². The second-order valence-corrected chi connectivity index (χ2v) is 9.36. The van der Waals surface area contributed by atoms with Gasteiger partial charge in [-0.15, -0.1) is 5.10 Å². The predicted molar refractivity (Wildman–Crippen MR) is 129 cm³/mol. The summed E-state index contributed by atoms with van der Waals surface area (Å²) in [6.45, 7) is 2.86. The van der Waals surface area contributed by atoms with Crippen LogP contribution in [0.25, 0.3) is 16.5 Å². The van der Waals surface area contributed by atoms with Gasteiger partial charge in [-0.3, -0.25) is 4.90 Å². The first kappa shape index (κ1) is 21.8. The van der Waals surface area contributed by atoms with Crippen LogP contribution in [-0.4, -0.2) is 50.8 Å². The number of fused-ring (bicyclic) bond motifs is 1. The van der Waals surface area contributed by atoms with Crippen molar-refractivity contribution >= 4 is 22.0 Å². The van der Waals surface area contributed by atoms with Crippen molar-refractivity contribution in [1.29, 1.82) is 0 Å². The van der Waals surface area contributed by atoms with Crippen molar-refractivity contribution in [2.45, 2.75) is 6.04 Å². The molecule has 1 N–H and O–H groups in total. The molecule has 0 aliphatic carbocycles. The molecule has 178 valence electrons. The van der Waals surface area contributed by atoms with E-state index in [1.807, 2.05) is 0 Å². The Balaban J connectivity index is 1.33. The third-order valence-corrected chi connectivity index (χ3v) is 7.32. The lowest BCUT2D eigenvalue weighted by Gasteiger charge is -2.40. The van der Waals surface area contributed by atoms with Gasteiger partial charge in [0.15, 0.2) is 5.76 Å².